The zero-order valence-corrected chi connectivity index (χ0v) is 19.4. The van der Waals surface area contributed by atoms with Gasteiger partial charge >= 0.3 is 0 Å². The third-order valence-electron chi connectivity index (χ3n) is 5.04. The first-order valence-corrected chi connectivity index (χ1v) is 12.0. The number of benzene rings is 1. The second-order valence-electron chi connectivity index (χ2n) is 7.55. The van der Waals surface area contributed by atoms with Gasteiger partial charge in [-0.15, -0.1) is 10.2 Å². The van der Waals surface area contributed by atoms with Gasteiger partial charge in [-0.2, -0.15) is 0 Å². The summed E-state index contributed by atoms with van der Waals surface area (Å²) in [5, 5.41) is 9.46. The number of amides is 1. The summed E-state index contributed by atoms with van der Waals surface area (Å²) >= 11 is 4.80. The van der Waals surface area contributed by atoms with Crippen molar-refractivity contribution in [2.45, 2.75) is 37.9 Å². The molecule has 8 heteroatoms. The smallest absolute Gasteiger partial charge is 0.233 e. The van der Waals surface area contributed by atoms with Crippen molar-refractivity contribution >= 4 is 33.6 Å². The van der Waals surface area contributed by atoms with Crippen molar-refractivity contribution in [1.82, 2.24) is 19.7 Å². The normalized spacial score (nSPS) is 13.5. The Hall–Kier alpha value is -2.06. The molecule has 0 atom stereocenters. The number of furan rings is 1. The average Bonchev–Trinajstić information content (AvgIpc) is 3.33. The van der Waals surface area contributed by atoms with Gasteiger partial charge < -0.3 is 9.32 Å². The number of rotatable bonds is 10. The van der Waals surface area contributed by atoms with E-state index in [1.807, 2.05) is 39.8 Å². The minimum absolute atomic E-state index is 0.172. The first kappa shape index (κ1) is 21.2. The van der Waals surface area contributed by atoms with Crippen LogP contribution in [0.15, 0.2) is 56.7 Å². The fourth-order valence-electron chi connectivity index (χ4n) is 3.34. The van der Waals surface area contributed by atoms with Crippen molar-refractivity contribution < 1.29 is 9.21 Å². The molecule has 1 aliphatic rings. The first-order chi connectivity index (χ1) is 14.6. The molecule has 0 N–H and O–H groups in total. The highest BCUT2D eigenvalue weighted by Gasteiger charge is 2.27. The van der Waals surface area contributed by atoms with Crippen LogP contribution in [0.5, 0.6) is 0 Å². The zero-order valence-electron chi connectivity index (χ0n) is 17.0. The Morgan fingerprint density at radius 3 is 2.70 bits per heavy atom. The van der Waals surface area contributed by atoms with Crippen molar-refractivity contribution in [2.75, 3.05) is 18.8 Å². The maximum atomic E-state index is 12.8. The Balaban J connectivity index is 1.53. The fraction of sp³-hybridized carbons (Fsp3) is 0.409. The molecule has 1 saturated carbocycles. The quantitative estimate of drug-likeness (QED) is 0.372. The predicted molar refractivity (Wildman–Crippen MR) is 121 cm³/mol. The van der Waals surface area contributed by atoms with Crippen molar-refractivity contribution in [3.8, 4) is 11.6 Å². The number of halogens is 1. The second kappa shape index (κ2) is 9.83. The molecule has 158 valence electrons. The Morgan fingerprint density at radius 1 is 1.23 bits per heavy atom. The molecule has 6 nitrogen and oxygen atoms in total. The number of hydrogen-bond donors (Lipinski definition) is 0. The summed E-state index contributed by atoms with van der Waals surface area (Å²) in [7, 11) is 0. The Bertz CT molecular complexity index is 984. The van der Waals surface area contributed by atoms with Crippen LogP contribution in [0.4, 0.5) is 0 Å². The molecule has 1 aliphatic carbocycles. The number of aromatic nitrogens is 3. The highest BCUT2D eigenvalue weighted by atomic mass is 79.9. The van der Waals surface area contributed by atoms with Gasteiger partial charge in [-0.3, -0.25) is 9.36 Å². The van der Waals surface area contributed by atoms with E-state index in [9.17, 15) is 4.79 Å². The predicted octanol–water partition coefficient (Wildman–Crippen LogP) is 5.09. The number of thioether (sulfide) groups is 1. The molecule has 0 bridgehead atoms. The van der Waals surface area contributed by atoms with Gasteiger partial charge in [0, 0.05) is 13.1 Å². The van der Waals surface area contributed by atoms with E-state index in [1.165, 1.54) is 24.6 Å². The summed E-state index contributed by atoms with van der Waals surface area (Å²) in [5.74, 6) is 2.52. The second-order valence-corrected chi connectivity index (χ2v) is 9.28. The van der Waals surface area contributed by atoms with Crippen LogP contribution >= 0.6 is 27.7 Å². The summed E-state index contributed by atoms with van der Waals surface area (Å²) in [6, 6.07) is 13.9. The first-order valence-electron chi connectivity index (χ1n) is 10.3. The van der Waals surface area contributed by atoms with Gasteiger partial charge in [-0.05, 0) is 58.8 Å². The van der Waals surface area contributed by atoms with E-state index >= 15 is 0 Å². The highest BCUT2D eigenvalue weighted by molar-refractivity contribution is 9.10. The summed E-state index contributed by atoms with van der Waals surface area (Å²) in [6.45, 7) is 4.43. The number of carbonyl (C=O) groups excluding carboxylic acids is 1. The number of hydrogen-bond acceptors (Lipinski definition) is 5. The molecule has 0 aliphatic heterocycles. The molecular weight excluding hydrogens is 464 g/mol. The van der Waals surface area contributed by atoms with E-state index in [0.717, 1.165) is 30.2 Å². The van der Waals surface area contributed by atoms with Crippen molar-refractivity contribution in [1.29, 1.82) is 0 Å². The topological polar surface area (TPSA) is 64.2 Å². The molecule has 0 unspecified atom stereocenters. The van der Waals surface area contributed by atoms with Gasteiger partial charge in [-0.25, -0.2) is 0 Å². The molecule has 2 heterocycles. The summed E-state index contributed by atoms with van der Waals surface area (Å²) < 4.78 is 8.38. The Morgan fingerprint density at radius 2 is 2.03 bits per heavy atom. The van der Waals surface area contributed by atoms with E-state index in [4.69, 9.17) is 4.42 Å². The molecule has 1 aromatic carbocycles. The van der Waals surface area contributed by atoms with Gasteiger partial charge in [0.2, 0.25) is 11.7 Å². The lowest BCUT2D eigenvalue weighted by Gasteiger charge is -2.21. The molecule has 2 aromatic heterocycles. The van der Waals surface area contributed by atoms with Crippen molar-refractivity contribution in [2.24, 2.45) is 5.92 Å². The van der Waals surface area contributed by atoms with Gasteiger partial charge in [-0.1, -0.05) is 49.0 Å². The van der Waals surface area contributed by atoms with Gasteiger partial charge in [0.25, 0.3) is 0 Å². The molecular formula is C22H25BrN4O2S. The molecule has 0 saturated heterocycles. The van der Waals surface area contributed by atoms with Crippen LogP contribution in [0.25, 0.3) is 11.6 Å². The standard InChI is InChI=1S/C22H25BrN4O2S/c1-2-12-26(13-17-8-9-17)20(28)15-30-22-25-24-21(18-10-11-19(23)29-18)27(22)14-16-6-4-3-5-7-16/h3-7,10-11,17H,2,8-9,12-15H2,1H3. The maximum absolute atomic E-state index is 12.8. The van der Waals surface area contributed by atoms with Crippen LogP contribution in [0.3, 0.4) is 0 Å². The SMILES string of the molecule is CCCN(CC1CC1)C(=O)CSc1nnc(-c2ccc(Br)o2)n1Cc1ccccc1. The van der Waals surface area contributed by atoms with Crippen molar-refractivity contribution in [3.05, 3.63) is 52.7 Å². The van der Waals surface area contributed by atoms with Gasteiger partial charge in [0.05, 0.1) is 12.3 Å². The largest absolute Gasteiger partial charge is 0.446 e. The lowest BCUT2D eigenvalue weighted by Crippen LogP contribution is -2.35. The third kappa shape index (κ3) is 5.35. The molecule has 0 spiro atoms. The lowest BCUT2D eigenvalue weighted by atomic mass is 10.2. The van der Waals surface area contributed by atoms with Crippen LogP contribution in [-0.4, -0.2) is 44.4 Å². The van der Waals surface area contributed by atoms with Gasteiger partial charge in [0.15, 0.2) is 15.6 Å². The van der Waals surface area contributed by atoms with E-state index in [1.54, 1.807) is 0 Å². The number of carbonyl (C=O) groups is 1. The molecule has 4 rings (SSSR count). The highest BCUT2D eigenvalue weighted by Crippen LogP contribution is 2.31. The Kier molecular flexibility index (Phi) is 6.94. The van der Waals surface area contributed by atoms with Gasteiger partial charge in [0.1, 0.15) is 0 Å². The summed E-state index contributed by atoms with van der Waals surface area (Å²) in [4.78, 5) is 14.8. The van der Waals surface area contributed by atoms with E-state index in [0.29, 0.717) is 34.5 Å². The third-order valence-corrected chi connectivity index (χ3v) is 6.42. The fourth-order valence-corrected chi connectivity index (χ4v) is 4.49. The zero-order chi connectivity index (χ0) is 20.9. The minimum Gasteiger partial charge on any atom is -0.446 e. The van der Waals surface area contributed by atoms with Crippen LogP contribution in [0, 0.1) is 5.92 Å². The van der Waals surface area contributed by atoms with Crippen molar-refractivity contribution in [3.63, 3.8) is 0 Å². The van der Waals surface area contributed by atoms with E-state index in [2.05, 4.69) is 45.2 Å². The minimum atomic E-state index is 0.172. The Labute approximate surface area is 189 Å². The maximum Gasteiger partial charge on any atom is 0.233 e. The monoisotopic (exact) mass is 488 g/mol. The lowest BCUT2D eigenvalue weighted by molar-refractivity contribution is -0.128. The summed E-state index contributed by atoms with van der Waals surface area (Å²) in [5.41, 5.74) is 1.14. The van der Waals surface area contributed by atoms with E-state index < -0.39 is 0 Å². The molecule has 1 fully saturated rings. The number of nitrogens with zero attached hydrogens (tertiary/aromatic N) is 4. The molecule has 30 heavy (non-hydrogen) atoms. The average molecular weight is 489 g/mol. The van der Waals surface area contributed by atoms with E-state index in [-0.39, 0.29) is 5.91 Å². The van der Waals surface area contributed by atoms with Crippen LogP contribution in [0.1, 0.15) is 31.7 Å². The summed E-state index contributed by atoms with van der Waals surface area (Å²) in [6.07, 6.45) is 3.47. The van der Waals surface area contributed by atoms with Crippen LogP contribution in [0.2, 0.25) is 0 Å². The molecule has 3 aromatic rings. The van der Waals surface area contributed by atoms with Crippen LogP contribution in [-0.2, 0) is 11.3 Å². The van der Waals surface area contributed by atoms with Crippen LogP contribution < -0.4 is 0 Å². The molecule has 0 radical (unpaired) electrons. The molecule has 1 amide bonds.